The Balaban J connectivity index is 2.37. The molecule has 0 bridgehead atoms. The quantitative estimate of drug-likeness (QED) is 0.679. The molecule has 0 radical (unpaired) electrons. The molecule has 1 aromatic rings. The molecule has 1 rings (SSSR count). The molecule has 0 aliphatic rings. The van der Waals surface area contributed by atoms with Gasteiger partial charge in [0.25, 0.3) is 0 Å². The van der Waals surface area contributed by atoms with Gasteiger partial charge < -0.3 is 16.4 Å². The van der Waals surface area contributed by atoms with E-state index in [2.05, 4.69) is 24.5 Å². The van der Waals surface area contributed by atoms with Crippen molar-refractivity contribution in [3.63, 3.8) is 0 Å². The van der Waals surface area contributed by atoms with Crippen LogP contribution in [0.15, 0.2) is 18.2 Å². The Morgan fingerprint density at radius 3 is 2.79 bits per heavy atom. The summed E-state index contributed by atoms with van der Waals surface area (Å²) in [5.74, 6) is 0.472. The Labute approximate surface area is 113 Å². The third-order valence-corrected chi connectivity index (χ3v) is 2.56. The molecule has 1 aromatic carbocycles. The summed E-state index contributed by atoms with van der Waals surface area (Å²) in [6.07, 6.45) is 0.395. The number of anilines is 2. The van der Waals surface area contributed by atoms with E-state index in [9.17, 15) is 4.79 Å². The molecule has 0 heterocycles. The summed E-state index contributed by atoms with van der Waals surface area (Å²) < 4.78 is 0. The van der Waals surface area contributed by atoms with Crippen molar-refractivity contribution < 1.29 is 4.79 Å². The van der Waals surface area contributed by atoms with Crippen molar-refractivity contribution in [3.8, 4) is 6.07 Å². The number of hydrogen-bond acceptors (Lipinski definition) is 4. The molecule has 4 N–H and O–H groups in total. The second kappa shape index (κ2) is 7.27. The zero-order chi connectivity index (χ0) is 14.3. The second-order valence-electron chi connectivity index (χ2n) is 4.79. The highest BCUT2D eigenvalue weighted by Gasteiger charge is 2.04. The number of nitrogens with zero attached hydrogens (tertiary/aromatic N) is 1. The molecule has 5 heteroatoms. The Bertz CT molecular complexity index is 477. The van der Waals surface area contributed by atoms with Gasteiger partial charge in [0.05, 0.1) is 23.0 Å². The summed E-state index contributed by atoms with van der Waals surface area (Å²) in [4.78, 5) is 11.5. The molecule has 0 saturated heterocycles. The highest BCUT2D eigenvalue weighted by Crippen LogP contribution is 2.19. The van der Waals surface area contributed by atoms with Crippen LogP contribution in [-0.2, 0) is 4.79 Å². The summed E-state index contributed by atoms with van der Waals surface area (Å²) >= 11 is 0. The molecular weight excluding hydrogens is 240 g/mol. The fourth-order valence-corrected chi connectivity index (χ4v) is 1.51. The molecule has 1 amide bonds. The highest BCUT2D eigenvalue weighted by molar-refractivity contribution is 5.77. The largest absolute Gasteiger partial charge is 0.397 e. The van der Waals surface area contributed by atoms with E-state index in [0.717, 1.165) is 5.69 Å². The van der Waals surface area contributed by atoms with E-state index in [1.807, 2.05) is 6.07 Å². The zero-order valence-electron chi connectivity index (χ0n) is 11.4. The first-order valence-corrected chi connectivity index (χ1v) is 6.33. The van der Waals surface area contributed by atoms with Crippen molar-refractivity contribution >= 4 is 17.3 Å². The van der Waals surface area contributed by atoms with Crippen molar-refractivity contribution in [1.82, 2.24) is 5.32 Å². The molecule has 19 heavy (non-hydrogen) atoms. The average Bonchev–Trinajstić information content (AvgIpc) is 2.38. The lowest BCUT2D eigenvalue weighted by Gasteiger charge is -2.10. The molecular formula is C14H20N4O. The van der Waals surface area contributed by atoms with Crippen molar-refractivity contribution in [2.24, 2.45) is 5.92 Å². The summed E-state index contributed by atoms with van der Waals surface area (Å²) in [7, 11) is 0. The first-order valence-electron chi connectivity index (χ1n) is 6.33. The number of benzene rings is 1. The van der Waals surface area contributed by atoms with Gasteiger partial charge >= 0.3 is 0 Å². The van der Waals surface area contributed by atoms with E-state index in [-0.39, 0.29) is 5.91 Å². The SMILES string of the molecule is CC(C)CNC(=O)CCNc1ccc(C#N)cc1N. The fourth-order valence-electron chi connectivity index (χ4n) is 1.51. The van der Waals surface area contributed by atoms with E-state index >= 15 is 0 Å². The molecule has 0 unspecified atom stereocenters. The molecule has 0 aliphatic carbocycles. The summed E-state index contributed by atoms with van der Waals surface area (Å²) in [6.45, 7) is 5.31. The molecule has 102 valence electrons. The van der Waals surface area contributed by atoms with E-state index in [1.165, 1.54) is 0 Å². The predicted octanol–water partition coefficient (Wildman–Crippen LogP) is 1.71. The predicted molar refractivity (Wildman–Crippen MR) is 76.5 cm³/mol. The number of nitriles is 1. The van der Waals surface area contributed by atoms with Gasteiger partial charge in [0, 0.05) is 19.5 Å². The summed E-state index contributed by atoms with van der Waals surface area (Å²) in [6, 6.07) is 7.08. The number of nitrogens with one attached hydrogen (secondary N) is 2. The number of amides is 1. The lowest BCUT2D eigenvalue weighted by atomic mass is 10.2. The van der Waals surface area contributed by atoms with Crippen molar-refractivity contribution in [2.75, 3.05) is 24.1 Å². The monoisotopic (exact) mass is 260 g/mol. The number of nitrogens with two attached hydrogens (primary N) is 1. The van der Waals surface area contributed by atoms with Crippen LogP contribution in [0, 0.1) is 17.2 Å². The number of hydrogen-bond donors (Lipinski definition) is 3. The standard InChI is InChI=1S/C14H20N4O/c1-10(2)9-18-14(19)5-6-17-13-4-3-11(8-15)7-12(13)16/h3-4,7,10,17H,5-6,9,16H2,1-2H3,(H,18,19). The first-order chi connectivity index (χ1) is 9.02. The normalized spacial score (nSPS) is 10.0. The van der Waals surface area contributed by atoms with Crippen LogP contribution < -0.4 is 16.4 Å². The van der Waals surface area contributed by atoms with Crippen LogP contribution in [0.1, 0.15) is 25.8 Å². The van der Waals surface area contributed by atoms with E-state index in [1.54, 1.807) is 18.2 Å². The van der Waals surface area contributed by atoms with Gasteiger partial charge in [0.15, 0.2) is 0 Å². The lowest BCUT2D eigenvalue weighted by Crippen LogP contribution is -2.28. The minimum Gasteiger partial charge on any atom is -0.397 e. The third kappa shape index (κ3) is 5.30. The van der Waals surface area contributed by atoms with Crippen LogP contribution in [0.3, 0.4) is 0 Å². The molecule has 5 nitrogen and oxygen atoms in total. The maximum atomic E-state index is 11.5. The number of nitrogen functional groups attached to an aromatic ring is 1. The number of carbonyl (C=O) groups is 1. The Morgan fingerprint density at radius 2 is 2.21 bits per heavy atom. The van der Waals surface area contributed by atoms with Gasteiger partial charge in [-0.2, -0.15) is 5.26 Å². The van der Waals surface area contributed by atoms with E-state index in [4.69, 9.17) is 11.0 Å². The fraction of sp³-hybridized carbons (Fsp3) is 0.429. The van der Waals surface area contributed by atoms with Crippen LogP contribution >= 0.6 is 0 Å². The smallest absolute Gasteiger partial charge is 0.221 e. The second-order valence-corrected chi connectivity index (χ2v) is 4.79. The Hall–Kier alpha value is -2.22. The third-order valence-electron chi connectivity index (χ3n) is 2.56. The average molecular weight is 260 g/mol. The van der Waals surface area contributed by atoms with Gasteiger partial charge in [-0.3, -0.25) is 4.79 Å². The topological polar surface area (TPSA) is 90.9 Å². The van der Waals surface area contributed by atoms with Gasteiger partial charge in [-0.05, 0) is 24.1 Å². The minimum absolute atomic E-state index is 0.0217. The Kier molecular flexibility index (Phi) is 5.68. The van der Waals surface area contributed by atoms with Gasteiger partial charge in [-0.25, -0.2) is 0 Å². The van der Waals surface area contributed by atoms with Crippen LogP contribution in [0.2, 0.25) is 0 Å². The van der Waals surface area contributed by atoms with E-state index < -0.39 is 0 Å². The highest BCUT2D eigenvalue weighted by atomic mass is 16.1. The van der Waals surface area contributed by atoms with Crippen molar-refractivity contribution in [2.45, 2.75) is 20.3 Å². The molecule has 0 saturated carbocycles. The van der Waals surface area contributed by atoms with Crippen LogP contribution in [-0.4, -0.2) is 19.0 Å². The van der Waals surface area contributed by atoms with Crippen LogP contribution in [0.5, 0.6) is 0 Å². The van der Waals surface area contributed by atoms with E-state index in [0.29, 0.717) is 36.7 Å². The van der Waals surface area contributed by atoms with Crippen LogP contribution in [0.4, 0.5) is 11.4 Å². The maximum Gasteiger partial charge on any atom is 0.221 e. The van der Waals surface area contributed by atoms with Gasteiger partial charge in [-0.15, -0.1) is 0 Å². The van der Waals surface area contributed by atoms with Crippen molar-refractivity contribution in [1.29, 1.82) is 5.26 Å². The molecule has 0 fully saturated rings. The Morgan fingerprint density at radius 1 is 1.47 bits per heavy atom. The molecule has 0 aliphatic heterocycles. The summed E-state index contributed by atoms with van der Waals surface area (Å²) in [5.41, 5.74) is 7.59. The lowest BCUT2D eigenvalue weighted by molar-refractivity contribution is -0.120. The molecule has 0 aromatic heterocycles. The number of rotatable bonds is 6. The summed E-state index contributed by atoms with van der Waals surface area (Å²) in [5, 5.41) is 14.7. The first kappa shape index (κ1) is 14.8. The van der Waals surface area contributed by atoms with Gasteiger partial charge in [0.2, 0.25) is 5.91 Å². The maximum absolute atomic E-state index is 11.5. The molecule has 0 spiro atoms. The van der Waals surface area contributed by atoms with Crippen molar-refractivity contribution in [3.05, 3.63) is 23.8 Å². The molecule has 0 atom stereocenters. The number of carbonyl (C=O) groups excluding carboxylic acids is 1. The van der Waals surface area contributed by atoms with Gasteiger partial charge in [0.1, 0.15) is 0 Å². The van der Waals surface area contributed by atoms with Crippen LogP contribution in [0.25, 0.3) is 0 Å². The zero-order valence-corrected chi connectivity index (χ0v) is 11.4. The minimum atomic E-state index is 0.0217. The van der Waals surface area contributed by atoms with Gasteiger partial charge in [-0.1, -0.05) is 13.8 Å².